The Balaban J connectivity index is 2.41. The van der Waals surface area contributed by atoms with Gasteiger partial charge in [0.15, 0.2) is 0 Å². The van der Waals surface area contributed by atoms with Crippen molar-refractivity contribution in [1.29, 1.82) is 0 Å². The minimum atomic E-state index is -0.261. The van der Waals surface area contributed by atoms with E-state index in [4.69, 9.17) is 10.8 Å². The molecule has 1 rings (SSSR count). The summed E-state index contributed by atoms with van der Waals surface area (Å²) >= 11 is 0. The van der Waals surface area contributed by atoms with Crippen molar-refractivity contribution >= 4 is 11.9 Å². The number of amides is 1. The van der Waals surface area contributed by atoms with Crippen molar-refractivity contribution in [2.24, 2.45) is 0 Å². The topological polar surface area (TPSA) is 106 Å². The highest BCUT2D eigenvalue weighted by Gasteiger charge is 2.07. The van der Waals surface area contributed by atoms with Crippen molar-refractivity contribution in [3.63, 3.8) is 0 Å². The first kappa shape index (κ1) is 10.5. The summed E-state index contributed by atoms with van der Waals surface area (Å²) in [6.45, 7) is 1.66. The van der Waals surface area contributed by atoms with Crippen molar-refractivity contribution in [2.75, 3.05) is 12.3 Å². The maximum atomic E-state index is 11.2. The van der Waals surface area contributed by atoms with Gasteiger partial charge in [0.1, 0.15) is 12.9 Å². The number of hydrogen-bond acceptors (Lipinski definition) is 5. The lowest BCUT2D eigenvalue weighted by atomic mass is 10.3. The van der Waals surface area contributed by atoms with Gasteiger partial charge in [-0.2, -0.15) is 0 Å². The summed E-state index contributed by atoms with van der Waals surface area (Å²) < 4.78 is 1.33. The Morgan fingerprint density at radius 2 is 2.57 bits per heavy atom. The maximum absolute atomic E-state index is 11.2. The van der Waals surface area contributed by atoms with E-state index in [1.54, 1.807) is 6.92 Å². The molecular formula is C7H13N5O2. The fraction of sp³-hybridized carbons (Fsp3) is 0.571. The van der Waals surface area contributed by atoms with E-state index in [1.165, 1.54) is 11.0 Å². The molecule has 4 N–H and O–H groups in total. The van der Waals surface area contributed by atoms with E-state index in [-0.39, 0.29) is 31.0 Å². The summed E-state index contributed by atoms with van der Waals surface area (Å²) in [7, 11) is 0. The van der Waals surface area contributed by atoms with Gasteiger partial charge in [-0.15, -0.1) is 5.10 Å². The zero-order valence-electron chi connectivity index (χ0n) is 7.84. The highest BCUT2D eigenvalue weighted by molar-refractivity contribution is 5.75. The van der Waals surface area contributed by atoms with Gasteiger partial charge in [0.2, 0.25) is 11.9 Å². The average molecular weight is 199 g/mol. The highest BCUT2D eigenvalue weighted by atomic mass is 16.3. The van der Waals surface area contributed by atoms with E-state index < -0.39 is 0 Å². The Morgan fingerprint density at radius 1 is 1.86 bits per heavy atom. The lowest BCUT2D eigenvalue weighted by Gasteiger charge is -2.09. The molecule has 7 heteroatoms. The third-order valence-corrected chi connectivity index (χ3v) is 1.54. The van der Waals surface area contributed by atoms with Gasteiger partial charge in [-0.3, -0.25) is 4.79 Å². The molecule has 1 amide bonds. The van der Waals surface area contributed by atoms with Crippen LogP contribution in [-0.4, -0.2) is 38.4 Å². The predicted octanol–water partition coefficient (Wildman–Crippen LogP) is -1.64. The predicted molar refractivity (Wildman–Crippen MR) is 49.1 cm³/mol. The van der Waals surface area contributed by atoms with Gasteiger partial charge >= 0.3 is 0 Å². The number of carbonyl (C=O) groups excluding carboxylic acids is 1. The van der Waals surface area contributed by atoms with E-state index in [1.807, 2.05) is 0 Å². The molecule has 1 aromatic rings. The van der Waals surface area contributed by atoms with Crippen LogP contribution in [0.4, 0.5) is 5.95 Å². The number of aromatic nitrogens is 3. The zero-order valence-corrected chi connectivity index (χ0v) is 7.84. The standard InChI is InChI=1S/C7H13N5O2/c1-5(3-13)10-6(14)2-12-4-9-7(8)11-12/h4-5,13H,2-3H2,1H3,(H2,8,11)(H,10,14)/t5-/m1/s1. The van der Waals surface area contributed by atoms with Gasteiger partial charge < -0.3 is 16.2 Å². The van der Waals surface area contributed by atoms with Crippen LogP contribution in [0.3, 0.4) is 0 Å². The van der Waals surface area contributed by atoms with Crippen molar-refractivity contribution in [2.45, 2.75) is 19.5 Å². The number of hydrogen-bond donors (Lipinski definition) is 3. The Bertz CT molecular complexity index is 311. The number of nitrogens with one attached hydrogen (secondary N) is 1. The molecule has 0 aliphatic carbocycles. The summed E-state index contributed by atoms with van der Waals surface area (Å²) in [5.74, 6) is -0.107. The van der Waals surface area contributed by atoms with Crippen molar-refractivity contribution in [3.05, 3.63) is 6.33 Å². The van der Waals surface area contributed by atoms with Crippen molar-refractivity contribution in [3.8, 4) is 0 Å². The molecule has 0 unspecified atom stereocenters. The van der Waals surface area contributed by atoms with E-state index in [2.05, 4.69) is 15.4 Å². The first-order valence-electron chi connectivity index (χ1n) is 4.17. The van der Waals surface area contributed by atoms with Gasteiger partial charge in [-0.25, -0.2) is 9.67 Å². The molecule has 7 nitrogen and oxygen atoms in total. The summed E-state index contributed by atoms with van der Waals surface area (Å²) in [4.78, 5) is 14.9. The molecule has 0 saturated heterocycles. The molecule has 0 aliphatic heterocycles. The lowest BCUT2D eigenvalue weighted by molar-refractivity contribution is -0.122. The summed E-state index contributed by atoms with van der Waals surface area (Å²) in [5.41, 5.74) is 5.27. The van der Waals surface area contributed by atoms with Crippen LogP contribution in [0.5, 0.6) is 0 Å². The van der Waals surface area contributed by atoms with Gasteiger partial charge in [0.25, 0.3) is 0 Å². The molecular weight excluding hydrogens is 186 g/mol. The van der Waals surface area contributed by atoms with Crippen LogP contribution in [0, 0.1) is 0 Å². The number of nitrogen functional groups attached to an aromatic ring is 1. The van der Waals surface area contributed by atoms with E-state index in [0.29, 0.717) is 0 Å². The molecule has 1 aromatic heterocycles. The van der Waals surface area contributed by atoms with Crippen molar-refractivity contribution in [1.82, 2.24) is 20.1 Å². The van der Waals surface area contributed by atoms with Crippen molar-refractivity contribution < 1.29 is 9.90 Å². The molecule has 0 spiro atoms. The van der Waals surface area contributed by atoms with Gasteiger partial charge in [-0.1, -0.05) is 0 Å². The molecule has 0 fully saturated rings. The fourth-order valence-corrected chi connectivity index (χ4v) is 0.898. The summed E-state index contributed by atoms with van der Waals surface area (Å²) in [5, 5.41) is 15.0. The smallest absolute Gasteiger partial charge is 0.242 e. The molecule has 0 saturated carbocycles. The molecule has 0 aliphatic rings. The fourth-order valence-electron chi connectivity index (χ4n) is 0.898. The monoisotopic (exact) mass is 199 g/mol. The minimum Gasteiger partial charge on any atom is -0.394 e. The lowest BCUT2D eigenvalue weighted by Crippen LogP contribution is -2.37. The number of nitrogens with two attached hydrogens (primary N) is 1. The first-order chi connectivity index (χ1) is 6.61. The summed E-state index contributed by atoms with van der Waals surface area (Å²) in [6.07, 6.45) is 1.37. The zero-order chi connectivity index (χ0) is 10.6. The maximum Gasteiger partial charge on any atom is 0.242 e. The highest BCUT2D eigenvalue weighted by Crippen LogP contribution is 1.89. The molecule has 1 atom stereocenters. The summed E-state index contributed by atoms with van der Waals surface area (Å²) in [6, 6.07) is -0.261. The second kappa shape index (κ2) is 4.56. The van der Waals surface area contributed by atoms with E-state index in [0.717, 1.165) is 0 Å². The van der Waals surface area contributed by atoms with Crippen LogP contribution in [0.15, 0.2) is 6.33 Å². The van der Waals surface area contributed by atoms with Crippen LogP contribution in [0.2, 0.25) is 0 Å². The Morgan fingerprint density at radius 3 is 3.07 bits per heavy atom. The number of anilines is 1. The molecule has 14 heavy (non-hydrogen) atoms. The largest absolute Gasteiger partial charge is 0.394 e. The van der Waals surface area contributed by atoms with Crippen LogP contribution >= 0.6 is 0 Å². The average Bonchev–Trinajstić information content (AvgIpc) is 2.50. The normalized spacial score (nSPS) is 12.4. The SMILES string of the molecule is C[C@H](CO)NC(=O)Cn1cnc(N)n1. The third kappa shape index (κ3) is 3.02. The quantitative estimate of drug-likeness (QED) is 0.539. The van der Waals surface area contributed by atoms with Crippen LogP contribution in [0.1, 0.15) is 6.92 Å². The van der Waals surface area contributed by atoms with Crippen LogP contribution in [0.25, 0.3) is 0 Å². The van der Waals surface area contributed by atoms with E-state index in [9.17, 15) is 4.79 Å². The first-order valence-corrected chi connectivity index (χ1v) is 4.17. The Labute approximate surface area is 80.9 Å². The molecule has 0 aromatic carbocycles. The van der Waals surface area contributed by atoms with E-state index >= 15 is 0 Å². The number of carbonyl (C=O) groups is 1. The van der Waals surface area contributed by atoms with Crippen LogP contribution < -0.4 is 11.1 Å². The van der Waals surface area contributed by atoms with Gasteiger partial charge in [0, 0.05) is 6.04 Å². The van der Waals surface area contributed by atoms with Gasteiger partial charge in [-0.05, 0) is 6.92 Å². The van der Waals surface area contributed by atoms with Crippen LogP contribution in [-0.2, 0) is 11.3 Å². The molecule has 1 heterocycles. The van der Waals surface area contributed by atoms with Gasteiger partial charge in [0.05, 0.1) is 6.61 Å². The Hall–Kier alpha value is -1.63. The molecule has 0 bridgehead atoms. The minimum absolute atomic E-state index is 0.0501. The second-order valence-corrected chi connectivity index (χ2v) is 2.95. The molecule has 0 radical (unpaired) electrons. The Kier molecular flexibility index (Phi) is 3.41. The third-order valence-electron chi connectivity index (χ3n) is 1.54. The number of rotatable bonds is 4. The second-order valence-electron chi connectivity index (χ2n) is 2.95. The number of aliphatic hydroxyl groups is 1. The number of nitrogens with zero attached hydrogens (tertiary/aromatic N) is 3. The number of aliphatic hydroxyl groups excluding tert-OH is 1. The molecule has 78 valence electrons.